The first kappa shape index (κ1) is 20.6. The lowest BCUT2D eigenvalue weighted by Crippen LogP contribution is -2.25. The van der Waals surface area contributed by atoms with E-state index in [-0.39, 0.29) is 11.1 Å². The monoisotopic (exact) mass is 433 g/mol. The lowest BCUT2D eigenvalue weighted by atomic mass is 10.2. The van der Waals surface area contributed by atoms with Crippen molar-refractivity contribution in [1.82, 2.24) is 9.97 Å². The summed E-state index contributed by atoms with van der Waals surface area (Å²) in [6.45, 7) is 4.47. The number of nitrogens with zero attached hydrogens (tertiary/aromatic N) is 2. The standard InChI is InChI=1S/C21H21ClFN3O4/c1-21(2)29-10-13(30-21)9-28-19-7-14-17(8-18(19)27-3)24-11-25-20(14)26-12-4-5-16(23)15(22)6-12/h4-8,11,13H,9-10H2,1-3H3,(H,24,25,26)/t13-/m0/s1. The molecule has 158 valence electrons. The SMILES string of the molecule is COc1cc2ncnc(Nc3ccc(F)c(Cl)c3)c2cc1OC[C@H]1COC(C)(C)O1. The van der Waals surface area contributed by atoms with Crippen molar-refractivity contribution in [3.63, 3.8) is 0 Å². The molecule has 2 heterocycles. The Kier molecular flexibility index (Phi) is 5.64. The number of hydrogen-bond acceptors (Lipinski definition) is 7. The summed E-state index contributed by atoms with van der Waals surface area (Å²) in [5.41, 5.74) is 1.25. The van der Waals surface area contributed by atoms with E-state index in [1.807, 2.05) is 13.8 Å². The lowest BCUT2D eigenvalue weighted by Gasteiger charge is -2.18. The second-order valence-electron chi connectivity index (χ2n) is 7.26. The fourth-order valence-corrected chi connectivity index (χ4v) is 3.36. The highest BCUT2D eigenvalue weighted by Gasteiger charge is 2.33. The quantitative estimate of drug-likeness (QED) is 0.603. The number of ether oxygens (including phenoxy) is 4. The van der Waals surface area contributed by atoms with Gasteiger partial charge in [-0.05, 0) is 38.1 Å². The number of aromatic nitrogens is 2. The van der Waals surface area contributed by atoms with Crippen molar-refractivity contribution in [2.75, 3.05) is 25.6 Å². The normalized spacial score (nSPS) is 17.8. The summed E-state index contributed by atoms with van der Waals surface area (Å²) in [5, 5.41) is 3.87. The van der Waals surface area contributed by atoms with Gasteiger partial charge in [0.05, 0.1) is 24.3 Å². The van der Waals surface area contributed by atoms with Crippen molar-refractivity contribution in [3.05, 3.63) is 47.5 Å². The molecular formula is C21H21ClFN3O4. The summed E-state index contributed by atoms with van der Waals surface area (Å²) in [6.07, 6.45) is 1.24. The van der Waals surface area contributed by atoms with Crippen LogP contribution in [0.15, 0.2) is 36.7 Å². The summed E-state index contributed by atoms with van der Waals surface area (Å²) in [5.74, 6) is 0.472. The molecule has 0 radical (unpaired) electrons. The summed E-state index contributed by atoms with van der Waals surface area (Å²) < 4.78 is 36.2. The van der Waals surface area contributed by atoms with Crippen molar-refractivity contribution in [1.29, 1.82) is 0 Å². The largest absolute Gasteiger partial charge is 0.493 e. The number of methoxy groups -OCH3 is 1. The molecule has 0 bridgehead atoms. The Hall–Kier alpha value is -2.68. The van der Waals surface area contributed by atoms with Crippen LogP contribution < -0.4 is 14.8 Å². The molecular weight excluding hydrogens is 413 g/mol. The second-order valence-corrected chi connectivity index (χ2v) is 7.67. The Morgan fingerprint density at radius 1 is 1.23 bits per heavy atom. The predicted molar refractivity (Wildman–Crippen MR) is 111 cm³/mol. The van der Waals surface area contributed by atoms with E-state index in [9.17, 15) is 4.39 Å². The van der Waals surface area contributed by atoms with E-state index in [1.165, 1.54) is 18.5 Å². The van der Waals surface area contributed by atoms with Crippen molar-refractivity contribution in [2.24, 2.45) is 0 Å². The third-order valence-corrected chi connectivity index (χ3v) is 4.88. The zero-order chi connectivity index (χ0) is 21.3. The predicted octanol–water partition coefficient (Wildman–Crippen LogP) is 4.70. The molecule has 0 aliphatic carbocycles. The molecule has 1 aliphatic rings. The van der Waals surface area contributed by atoms with E-state index in [4.69, 9.17) is 30.5 Å². The molecule has 1 fully saturated rings. The van der Waals surface area contributed by atoms with Gasteiger partial charge in [-0.15, -0.1) is 0 Å². The molecule has 1 aliphatic heterocycles. The zero-order valence-corrected chi connectivity index (χ0v) is 17.5. The van der Waals surface area contributed by atoms with Crippen LogP contribution >= 0.6 is 11.6 Å². The van der Waals surface area contributed by atoms with Gasteiger partial charge in [-0.1, -0.05) is 11.6 Å². The molecule has 0 saturated carbocycles. The van der Waals surface area contributed by atoms with Gasteiger partial charge in [0.15, 0.2) is 17.3 Å². The number of benzene rings is 2. The smallest absolute Gasteiger partial charge is 0.163 e. The van der Waals surface area contributed by atoms with Crippen molar-refractivity contribution < 1.29 is 23.3 Å². The first-order valence-electron chi connectivity index (χ1n) is 9.34. The average Bonchev–Trinajstić information content (AvgIpc) is 3.07. The number of fused-ring (bicyclic) bond motifs is 1. The van der Waals surface area contributed by atoms with Crippen LogP contribution in [-0.2, 0) is 9.47 Å². The number of rotatable bonds is 6. The maximum Gasteiger partial charge on any atom is 0.163 e. The number of anilines is 2. The van der Waals surface area contributed by atoms with Gasteiger partial charge in [-0.25, -0.2) is 14.4 Å². The third-order valence-electron chi connectivity index (χ3n) is 4.60. The van der Waals surface area contributed by atoms with Crippen LogP contribution in [-0.4, -0.2) is 42.2 Å². The van der Waals surface area contributed by atoms with Crippen LogP contribution in [0.4, 0.5) is 15.9 Å². The summed E-state index contributed by atoms with van der Waals surface area (Å²) >= 11 is 5.88. The Labute approximate surface area is 178 Å². The zero-order valence-electron chi connectivity index (χ0n) is 16.7. The molecule has 9 heteroatoms. The Balaban J connectivity index is 1.62. The molecule has 3 aromatic rings. The van der Waals surface area contributed by atoms with Crippen LogP contribution in [0.3, 0.4) is 0 Å². The summed E-state index contributed by atoms with van der Waals surface area (Å²) in [6, 6.07) is 7.92. The van der Waals surface area contributed by atoms with Crippen molar-refractivity contribution in [3.8, 4) is 11.5 Å². The fraction of sp³-hybridized carbons (Fsp3) is 0.333. The average molecular weight is 434 g/mol. The topological polar surface area (TPSA) is 74.7 Å². The third kappa shape index (κ3) is 4.40. The van der Waals surface area contributed by atoms with E-state index in [1.54, 1.807) is 25.3 Å². The molecule has 1 aromatic heterocycles. The van der Waals surface area contributed by atoms with Crippen molar-refractivity contribution >= 4 is 34.0 Å². The highest BCUT2D eigenvalue weighted by molar-refractivity contribution is 6.31. The van der Waals surface area contributed by atoms with Crippen LogP contribution in [0.1, 0.15) is 13.8 Å². The van der Waals surface area contributed by atoms with E-state index in [0.29, 0.717) is 47.1 Å². The van der Waals surface area contributed by atoms with Gasteiger partial charge in [0.1, 0.15) is 30.7 Å². The number of nitrogens with one attached hydrogen (secondary N) is 1. The Bertz CT molecular complexity index is 1080. The van der Waals surface area contributed by atoms with E-state index in [0.717, 1.165) is 0 Å². The minimum absolute atomic E-state index is 0.0192. The van der Waals surface area contributed by atoms with Gasteiger partial charge in [0.2, 0.25) is 0 Å². The number of hydrogen-bond donors (Lipinski definition) is 1. The van der Waals surface area contributed by atoms with Crippen LogP contribution in [0.5, 0.6) is 11.5 Å². The van der Waals surface area contributed by atoms with Gasteiger partial charge < -0.3 is 24.3 Å². The molecule has 1 N–H and O–H groups in total. The number of halogens is 2. The van der Waals surface area contributed by atoms with Gasteiger partial charge >= 0.3 is 0 Å². The first-order chi connectivity index (χ1) is 14.3. The highest BCUT2D eigenvalue weighted by Crippen LogP contribution is 2.35. The summed E-state index contributed by atoms with van der Waals surface area (Å²) in [4.78, 5) is 8.61. The van der Waals surface area contributed by atoms with Crippen LogP contribution in [0.25, 0.3) is 10.9 Å². The van der Waals surface area contributed by atoms with Crippen molar-refractivity contribution in [2.45, 2.75) is 25.7 Å². The van der Waals surface area contributed by atoms with Gasteiger partial charge in [-0.3, -0.25) is 0 Å². The van der Waals surface area contributed by atoms with Gasteiger partial charge in [0, 0.05) is 17.1 Å². The van der Waals surface area contributed by atoms with E-state index >= 15 is 0 Å². The van der Waals surface area contributed by atoms with Crippen LogP contribution in [0.2, 0.25) is 5.02 Å². The van der Waals surface area contributed by atoms with Gasteiger partial charge in [-0.2, -0.15) is 0 Å². The molecule has 0 amide bonds. The Morgan fingerprint density at radius 3 is 2.77 bits per heavy atom. The lowest BCUT2D eigenvalue weighted by molar-refractivity contribution is -0.141. The molecule has 1 saturated heterocycles. The molecule has 0 spiro atoms. The maximum absolute atomic E-state index is 13.5. The Morgan fingerprint density at radius 2 is 2.07 bits per heavy atom. The molecule has 2 aromatic carbocycles. The maximum atomic E-state index is 13.5. The van der Waals surface area contributed by atoms with E-state index in [2.05, 4.69) is 15.3 Å². The van der Waals surface area contributed by atoms with Crippen LogP contribution in [0, 0.1) is 5.82 Å². The fourth-order valence-electron chi connectivity index (χ4n) is 3.17. The molecule has 4 rings (SSSR count). The minimum atomic E-state index is -0.622. The first-order valence-corrected chi connectivity index (χ1v) is 9.72. The van der Waals surface area contributed by atoms with E-state index < -0.39 is 11.6 Å². The molecule has 7 nitrogen and oxygen atoms in total. The second kappa shape index (κ2) is 8.22. The highest BCUT2D eigenvalue weighted by atomic mass is 35.5. The molecule has 30 heavy (non-hydrogen) atoms. The molecule has 0 unspecified atom stereocenters. The minimum Gasteiger partial charge on any atom is -0.493 e. The molecule has 1 atom stereocenters. The summed E-state index contributed by atoms with van der Waals surface area (Å²) in [7, 11) is 1.56. The van der Waals surface area contributed by atoms with Gasteiger partial charge in [0.25, 0.3) is 0 Å².